The number of rotatable bonds is 11. The van der Waals surface area contributed by atoms with Gasteiger partial charge in [-0.25, -0.2) is 10.4 Å². The number of ether oxygens (including phenoxy) is 3. The Morgan fingerprint density at radius 2 is 1.84 bits per heavy atom. The third-order valence-electron chi connectivity index (χ3n) is 4.70. The zero-order valence-electron chi connectivity index (χ0n) is 18.6. The summed E-state index contributed by atoms with van der Waals surface area (Å²) in [6, 6.07) is 14.3. The molecular formula is C24H28N4O4. The van der Waals surface area contributed by atoms with E-state index in [2.05, 4.69) is 27.4 Å². The van der Waals surface area contributed by atoms with E-state index in [-0.39, 0.29) is 11.5 Å². The molecule has 168 valence electrons. The van der Waals surface area contributed by atoms with E-state index in [9.17, 15) is 4.79 Å². The second-order valence-corrected chi connectivity index (χ2v) is 7.04. The number of anilines is 1. The van der Waals surface area contributed by atoms with Gasteiger partial charge in [-0.15, -0.1) is 0 Å². The molecular weight excluding hydrogens is 408 g/mol. The summed E-state index contributed by atoms with van der Waals surface area (Å²) in [5, 5.41) is 4.18. The molecule has 2 aromatic carbocycles. The van der Waals surface area contributed by atoms with Gasteiger partial charge in [0.1, 0.15) is 5.75 Å². The lowest BCUT2D eigenvalue weighted by molar-refractivity contribution is 0.286. The first-order valence-corrected chi connectivity index (χ1v) is 10.5. The molecule has 0 spiro atoms. The smallest absolute Gasteiger partial charge is 0.252 e. The van der Waals surface area contributed by atoms with Crippen molar-refractivity contribution >= 4 is 12.2 Å². The van der Waals surface area contributed by atoms with Crippen LogP contribution >= 0.6 is 0 Å². The fraction of sp³-hybridized carbons (Fsp3) is 0.292. The second-order valence-electron chi connectivity index (χ2n) is 7.04. The summed E-state index contributed by atoms with van der Waals surface area (Å²) >= 11 is 0. The molecule has 0 aliphatic carbocycles. The van der Waals surface area contributed by atoms with Crippen LogP contribution in [0.2, 0.25) is 0 Å². The zero-order chi connectivity index (χ0) is 22.8. The van der Waals surface area contributed by atoms with Crippen LogP contribution < -0.4 is 25.2 Å². The Kier molecular flexibility index (Phi) is 8.25. The van der Waals surface area contributed by atoms with Crippen LogP contribution in [0.5, 0.6) is 17.2 Å². The normalized spacial score (nSPS) is 10.8. The van der Waals surface area contributed by atoms with Gasteiger partial charge in [-0.3, -0.25) is 9.78 Å². The van der Waals surface area contributed by atoms with E-state index in [1.807, 2.05) is 42.5 Å². The average Bonchev–Trinajstić information content (AvgIpc) is 2.82. The number of hydrogen-bond donors (Lipinski definition) is 2. The fourth-order valence-corrected chi connectivity index (χ4v) is 3.01. The SMILES string of the molecule is CCCCCOc1ccc(/C=N\Nc2nc(-c3ccc(OC)cc3)cc(=O)[nH]2)cc1OC. The molecule has 0 saturated carbocycles. The Hall–Kier alpha value is -3.81. The lowest BCUT2D eigenvalue weighted by Gasteiger charge is -2.11. The van der Waals surface area contributed by atoms with E-state index < -0.39 is 0 Å². The maximum absolute atomic E-state index is 12.0. The predicted molar refractivity (Wildman–Crippen MR) is 126 cm³/mol. The summed E-state index contributed by atoms with van der Waals surface area (Å²) in [5.74, 6) is 2.31. The van der Waals surface area contributed by atoms with Crippen LogP contribution in [-0.2, 0) is 0 Å². The molecule has 8 nitrogen and oxygen atoms in total. The molecule has 32 heavy (non-hydrogen) atoms. The number of methoxy groups -OCH3 is 2. The first-order valence-electron chi connectivity index (χ1n) is 10.5. The number of aromatic nitrogens is 2. The van der Waals surface area contributed by atoms with Crippen molar-refractivity contribution in [3.63, 3.8) is 0 Å². The lowest BCUT2D eigenvalue weighted by Crippen LogP contribution is -2.10. The highest BCUT2D eigenvalue weighted by Gasteiger charge is 2.06. The average molecular weight is 437 g/mol. The third kappa shape index (κ3) is 6.34. The molecule has 0 unspecified atom stereocenters. The van der Waals surface area contributed by atoms with Crippen molar-refractivity contribution in [1.82, 2.24) is 9.97 Å². The van der Waals surface area contributed by atoms with Gasteiger partial charge in [0.25, 0.3) is 5.56 Å². The maximum Gasteiger partial charge on any atom is 0.252 e. The minimum Gasteiger partial charge on any atom is -0.497 e. The van der Waals surface area contributed by atoms with Crippen LogP contribution in [0.15, 0.2) is 58.4 Å². The van der Waals surface area contributed by atoms with Gasteiger partial charge in [-0.1, -0.05) is 19.8 Å². The quantitative estimate of drug-likeness (QED) is 0.261. The van der Waals surface area contributed by atoms with E-state index in [0.717, 1.165) is 36.1 Å². The number of hydrogen-bond acceptors (Lipinski definition) is 7. The number of benzene rings is 2. The maximum atomic E-state index is 12.0. The summed E-state index contributed by atoms with van der Waals surface area (Å²) in [6.07, 6.45) is 4.90. The van der Waals surface area contributed by atoms with Gasteiger partial charge in [-0.05, 0) is 54.4 Å². The van der Waals surface area contributed by atoms with E-state index >= 15 is 0 Å². The van der Waals surface area contributed by atoms with E-state index in [1.54, 1.807) is 20.4 Å². The number of aromatic amines is 1. The molecule has 2 N–H and O–H groups in total. The standard InChI is InChI=1S/C24H28N4O4/c1-4-5-6-13-32-21-12-7-17(14-22(21)31-3)16-25-28-24-26-20(15-23(29)27-24)18-8-10-19(30-2)11-9-18/h7-12,14-16H,4-6,13H2,1-3H3,(H2,26,27,28,29)/b25-16-. The minimum atomic E-state index is -0.283. The highest BCUT2D eigenvalue weighted by atomic mass is 16.5. The first-order chi connectivity index (χ1) is 15.6. The monoisotopic (exact) mass is 436 g/mol. The molecule has 1 aromatic heterocycles. The highest BCUT2D eigenvalue weighted by molar-refractivity contribution is 5.81. The summed E-state index contributed by atoms with van der Waals surface area (Å²) in [5.41, 5.74) is 4.62. The molecule has 1 heterocycles. The van der Waals surface area contributed by atoms with E-state index in [1.165, 1.54) is 6.07 Å². The molecule has 0 radical (unpaired) electrons. The number of unbranched alkanes of at least 4 members (excludes halogenated alkanes) is 2. The number of hydrazone groups is 1. The lowest BCUT2D eigenvalue weighted by atomic mass is 10.1. The van der Waals surface area contributed by atoms with Gasteiger partial charge < -0.3 is 14.2 Å². The van der Waals surface area contributed by atoms with Crippen LogP contribution in [0, 0.1) is 0 Å². The number of nitrogens with zero attached hydrogens (tertiary/aromatic N) is 2. The summed E-state index contributed by atoms with van der Waals surface area (Å²) < 4.78 is 16.4. The van der Waals surface area contributed by atoms with Crippen LogP contribution in [0.25, 0.3) is 11.3 Å². The minimum absolute atomic E-state index is 0.238. The zero-order valence-corrected chi connectivity index (χ0v) is 18.6. The fourth-order valence-electron chi connectivity index (χ4n) is 3.01. The molecule has 0 atom stereocenters. The molecule has 0 fully saturated rings. The predicted octanol–water partition coefficient (Wildman–Crippen LogP) is 4.47. The van der Waals surface area contributed by atoms with Gasteiger partial charge in [0, 0.05) is 11.6 Å². The topological polar surface area (TPSA) is 97.8 Å². The summed E-state index contributed by atoms with van der Waals surface area (Å²) in [4.78, 5) is 19.1. The molecule has 0 aliphatic rings. The van der Waals surface area contributed by atoms with E-state index in [0.29, 0.717) is 23.8 Å². The number of nitrogens with one attached hydrogen (secondary N) is 2. The molecule has 0 bridgehead atoms. The molecule has 3 aromatic rings. The summed E-state index contributed by atoms with van der Waals surface area (Å²) in [7, 11) is 3.21. The van der Waals surface area contributed by atoms with Crippen LogP contribution in [0.4, 0.5) is 5.95 Å². The molecule has 8 heteroatoms. The van der Waals surface area contributed by atoms with Crippen molar-refractivity contribution in [2.24, 2.45) is 5.10 Å². The molecule has 0 saturated heterocycles. The van der Waals surface area contributed by atoms with Crippen molar-refractivity contribution < 1.29 is 14.2 Å². The molecule has 3 rings (SSSR count). The second kappa shape index (κ2) is 11.5. The van der Waals surface area contributed by atoms with Crippen molar-refractivity contribution in [1.29, 1.82) is 0 Å². The van der Waals surface area contributed by atoms with Crippen molar-refractivity contribution in [3.8, 4) is 28.5 Å². The van der Waals surface area contributed by atoms with E-state index in [4.69, 9.17) is 14.2 Å². The van der Waals surface area contributed by atoms with Crippen molar-refractivity contribution in [2.75, 3.05) is 26.3 Å². The van der Waals surface area contributed by atoms with Crippen LogP contribution in [-0.4, -0.2) is 37.0 Å². The van der Waals surface area contributed by atoms with Crippen LogP contribution in [0.1, 0.15) is 31.7 Å². The largest absolute Gasteiger partial charge is 0.497 e. The van der Waals surface area contributed by atoms with Gasteiger partial charge >= 0.3 is 0 Å². The van der Waals surface area contributed by atoms with Gasteiger partial charge in [-0.2, -0.15) is 5.10 Å². The van der Waals surface area contributed by atoms with Crippen molar-refractivity contribution in [2.45, 2.75) is 26.2 Å². The molecule has 0 amide bonds. The molecule has 0 aliphatic heterocycles. The Balaban J connectivity index is 1.68. The first kappa shape index (κ1) is 22.9. The van der Waals surface area contributed by atoms with Gasteiger partial charge in [0.15, 0.2) is 11.5 Å². The highest BCUT2D eigenvalue weighted by Crippen LogP contribution is 2.28. The number of H-pyrrole nitrogens is 1. The Morgan fingerprint density at radius 3 is 2.56 bits per heavy atom. The third-order valence-corrected chi connectivity index (χ3v) is 4.70. The van der Waals surface area contributed by atoms with Gasteiger partial charge in [0.2, 0.25) is 5.95 Å². The Morgan fingerprint density at radius 1 is 1.03 bits per heavy atom. The Bertz CT molecular complexity index is 1090. The van der Waals surface area contributed by atoms with Crippen molar-refractivity contribution in [3.05, 3.63) is 64.4 Å². The summed E-state index contributed by atoms with van der Waals surface area (Å²) in [6.45, 7) is 2.81. The van der Waals surface area contributed by atoms with Gasteiger partial charge in [0.05, 0.1) is 32.7 Å². The Labute approximate surface area is 187 Å². The van der Waals surface area contributed by atoms with Crippen LogP contribution in [0.3, 0.4) is 0 Å².